The van der Waals surface area contributed by atoms with E-state index in [1.54, 1.807) is 7.11 Å². The number of benzene rings is 1. The summed E-state index contributed by atoms with van der Waals surface area (Å²) in [6, 6.07) is 10.4. The van der Waals surface area contributed by atoms with Crippen LogP contribution in [0.2, 0.25) is 0 Å². The van der Waals surface area contributed by atoms with E-state index in [9.17, 15) is 0 Å². The molecule has 1 aromatic carbocycles. The molecule has 1 atom stereocenters. The Morgan fingerprint density at radius 2 is 2.11 bits per heavy atom. The van der Waals surface area contributed by atoms with Gasteiger partial charge in [0.2, 0.25) is 0 Å². The van der Waals surface area contributed by atoms with Crippen LogP contribution in [-0.4, -0.2) is 66.5 Å². The molecule has 27 heavy (non-hydrogen) atoms. The number of rotatable bonds is 10. The third kappa shape index (κ3) is 6.36. The smallest absolute Gasteiger partial charge is 0.122 e. The molecule has 1 aromatic heterocycles. The van der Waals surface area contributed by atoms with E-state index in [1.807, 2.05) is 29.2 Å². The van der Waals surface area contributed by atoms with Crippen molar-refractivity contribution < 1.29 is 4.74 Å². The number of hydrogen-bond acceptors (Lipinski definition) is 4. The maximum Gasteiger partial charge on any atom is 0.122 e. The zero-order chi connectivity index (χ0) is 18.9. The lowest BCUT2D eigenvalue weighted by Gasteiger charge is -2.35. The molecule has 0 saturated carbocycles. The Balaban J connectivity index is 1.38. The zero-order valence-corrected chi connectivity index (χ0v) is 16.9. The molecule has 3 rings (SSSR count). The van der Waals surface area contributed by atoms with Crippen molar-refractivity contribution in [1.82, 2.24) is 19.6 Å². The molecule has 0 aliphatic carbocycles. The predicted octanol–water partition coefficient (Wildman–Crippen LogP) is 3.17. The number of aromatic nitrogens is 2. The minimum absolute atomic E-state index is 0.783. The number of ether oxygens (including phenoxy) is 1. The number of likely N-dealkylation sites (tertiary alicyclic amines) is 1. The number of methoxy groups -OCH3 is 1. The van der Waals surface area contributed by atoms with Gasteiger partial charge < -0.3 is 14.5 Å². The van der Waals surface area contributed by atoms with Crippen molar-refractivity contribution in [2.24, 2.45) is 5.92 Å². The molecule has 1 fully saturated rings. The highest BCUT2D eigenvalue weighted by atomic mass is 16.5. The second-order valence-corrected chi connectivity index (χ2v) is 7.76. The summed E-state index contributed by atoms with van der Waals surface area (Å²) < 4.78 is 7.51. The molecule has 0 bridgehead atoms. The van der Waals surface area contributed by atoms with Crippen LogP contribution in [0, 0.1) is 5.92 Å². The number of nitrogens with zero attached hydrogens (tertiary/aromatic N) is 4. The van der Waals surface area contributed by atoms with Crippen LogP contribution in [0.4, 0.5) is 0 Å². The topological polar surface area (TPSA) is 33.5 Å². The van der Waals surface area contributed by atoms with E-state index in [0.29, 0.717) is 0 Å². The standard InChI is InChI=1S/C22H34N4O/c1-24(13-7-16-26-15-6-12-23-26)18-20-8-5-14-25(19-20)17-11-21-9-3-4-10-22(21)27-2/h3-4,6,9-10,12,15,20H,5,7-8,11,13-14,16-19H2,1-2H3/t20-/m0/s1. The van der Waals surface area contributed by atoms with Crippen molar-refractivity contribution in [1.29, 1.82) is 0 Å². The van der Waals surface area contributed by atoms with E-state index in [1.165, 1.54) is 38.0 Å². The van der Waals surface area contributed by atoms with Gasteiger partial charge in [0.05, 0.1) is 7.11 Å². The van der Waals surface area contributed by atoms with Crippen molar-refractivity contribution in [2.45, 2.75) is 32.2 Å². The molecule has 2 aromatic rings. The highest BCUT2D eigenvalue weighted by Gasteiger charge is 2.21. The first-order chi connectivity index (χ1) is 13.2. The fraction of sp³-hybridized carbons (Fsp3) is 0.591. The van der Waals surface area contributed by atoms with Crippen LogP contribution in [-0.2, 0) is 13.0 Å². The van der Waals surface area contributed by atoms with E-state index in [4.69, 9.17) is 4.74 Å². The van der Waals surface area contributed by atoms with Crippen LogP contribution in [0.25, 0.3) is 0 Å². The number of hydrogen-bond donors (Lipinski definition) is 0. The van der Waals surface area contributed by atoms with Crippen molar-refractivity contribution in [3.63, 3.8) is 0 Å². The predicted molar refractivity (Wildman–Crippen MR) is 110 cm³/mol. The quantitative estimate of drug-likeness (QED) is 0.643. The molecule has 148 valence electrons. The van der Waals surface area contributed by atoms with Crippen LogP contribution in [0.3, 0.4) is 0 Å². The lowest BCUT2D eigenvalue weighted by molar-refractivity contribution is 0.143. The lowest BCUT2D eigenvalue weighted by atomic mass is 9.97. The first kappa shape index (κ1) is 19.9. The average Bonchev–Trinajstić information content (AvgIpc) is 3.20. The molecule has 0 N–H and O–H groups in total. The summed E-state index contributed by atoms with van der Waals surface area (Å²) in [5, 5.41) is 4.28. The Morgan fingerprint density at radius 1 is 1.22 bits per heavy atom. The Labute approximate surface area is 163 Å². The Hall–Kier alpha value is -1.85. The minimum Gasteiger partial charge on any atom is -0.496 e. The molecule has 5 heteroatoms. The van der Waals surface area contributed by atoms with E-state index in [2.05, 4.69) is 40.1 Å². The van der Waals surface area contributed by atoms with Crippen molar-refractivity contribution in [3.05, 3.63) is 48.3 Å². The molecule has 0 unspecified atom stereocenters. The monoisotopic (exact) mass is 370 g/mol. The molecule has 1 saturated heterocycles. The fourth-order valence-corrected chi connectivity index (χ4v) is 4.16. The summed E-state index contributed by atoms with van der Waals surface area (Å²) >= 11 is 0. The Kier molecular flexibility index (Phi) is 7.72. The SMILES string of the molecule is COc1ccccc1CCN1CCC[C@@H](CN(C)CCCn2cccn2)C1. The summed E-state index contributed by atoms with van der Waals surface area (Å²) in [6.45, 7) is 6.92. The number of piperidine rings is 1. The Bertz CT molecular complexity index is 658. The molecular weight excluding hydrogens is 336 g/mol. The van der Waals surface area contributed by atoms with Gasteiger partial charge in [0, 0.05) is 38.6 Å². The molecule has 0 amide bonds. The third-order valence-electron chi connectivity index (χ3n) is 5.55. The summed E-state index contributed by atoms with van der Waals surface area (Å²) in [5.41, 5.74) is 1.32. The molecule has 1 aliphatic rings. The van der Waals surface area contributed by atoms with Crippen LogP contribution in [0.1, 0.15) is 24.8 Å². The largest absolute Gasteiger partial charge is 0.496 e. The third-order valence-corrected chi connectivity index (χ3v) is 5.55. The van der Waals surface area contributed by atoms with Crippen LogP contribution in [0.5, 0.6) is 5.75 Å². The van der Waals surface area contributed by atoms with Gasteiger partial charge in [-0.3, -0.25) is 4.68 Å². The second-order valence-electron chi connectivity index (χ2n) is 7.76. The van der Waals surface area contributed by atoms with Crippen LogP contribution >= 0.6 is 0 Å². The van der Waals surface area contributed by atoms with Gasteiger partial charge >= 0.3 is 0 Å². The summed E-state index contributed by atoms with van der Waals surface area (Å²) in [6.07, 6.45) is 8.79. The lowest BCUT2D eigenvalue weighted by Crippen LogP contribution is -2.41. The van der Waals surface area contributed by atoms with E-state index in [-0.39, 0.29) is 0 Å². The van der Waals surface area contributed by atoms with Gasteiger partial charge in [-0.05, 0) is 69.4 Å². The maximum absolute atomic E-state index is 5.49. The van der Waals surface area contributed by atoms with Crippen LogP contribution < -0.4 is 4.74 Å². The first-order valence-electron chi connectivity index (χ1n) is 10.2. The van der Waals surface area contributed by atoms with Gasteiger partial charge in [0.25, 0.3) is 0 Å². The normalized spacial score (nSPS) is 18.1. The molecule has 0 spiro atoms. The van der Waals surface area contributed by atoms with Crippen molar-refractivity contribution in [3.8, 4) is 5.75 Å². The summed E-state index contributed by atoms with van der Waals surface area (Å²) in [5.74, 6) is 1.80. The summed E-state index contributed by atoms with van der Waals surface area (Å²) in [4.78, 5) is 5.13. The van der Waals surface area contributed by atoms with E-state index >= 15 is 0 Å². The number of para-hydroxylation sites is 1. The molecule has 1 aliphatic heterocycles. The molecule has 5 nitrogen and oxygen atoms in total. The minimum atomic E-state index is 0.783. The van der Waals surface area contributed by atoms with Crippen molar-refractivity contribution >= 4 is 0 Å². The Morgan fingerprint density at radius 3 is 2.93 bits per heavy atom. The zero-order valence-electron chi connectivity index (χ0n) is 16.9. The summed E-state index contributed by atoms with van der Waals surface area (Å²) in [7, 11) is 4.02. The van der Waals surface area contributed by atoms with Gasteiger partial charge in [-0.1, -0.05) is 18.2 Å². The van der Waals surface area contributed by atoms with E-state index < -0.39 is 0 Å². The maximum atomic E-state index is 5.49. The molecule has 0 radical (unpaired) electrons. The first-order valence-corrected chi connectivity index (χ1v) is 10.2. The average molecular weight is 371 g/mol. The van der Waals surface area contributed by atoms with Gasteiger partial charge in [-0.15, -0.1) is 0 Å². The van der Waals surface area contributed by atoms with Gasteiger partial charge in [0.15, 0.2) is 0 Å². The highest BCUT2D eigenvalue weighted by Crippen LogP contribution is 2.21. The van der Waals surface area contributed by atoms with Crippen molar-refractivity contribution in [2.75, 3.05) is 46.9 Å². The fourth-order valence-electron chi connectivity index (χ4n) is 4.16. The highest BCUT2D eigenvalue weighted by molar-refractivity contribution is 5.33. The van der Waals surface area contributed by atoms with Gasteiger partial charge in [-0.2, -0.15) is 5.10 Å². The van der Waals surface area contributed by atoms with Crippen LogP contribution in [0.15, 0.2) is 42.7 Å². The van der Waals surface area contributed by atoms with Gasteiger partial charge in [-0.25, -0.2) is 0 Å². The number of aryl methyl sites for hydroxylation is 1. The van der Waals surface area contributed by atoms with E-state index in [0.717, 1.165) is 44.1 Å². The van der Waals surface area contributed by atoms with Gasteiger partial charge in [0.1, 0.15) is 5.75 Å². The second kappa shape index (κ2) is 10.5. The molecular formula is C22H34N4O. The molecule has 2 heterocycles.